The number of aromatic nitrogens is 1. The molecule has 1 aromatic heterocycles. The highest BCUT2D eigenvalue weighted by molar-refractivity contribution is 9.10. The molecule has 0 aliphatic carbocycles. The van der Waals surface area contributed by atoms with Crippen LogP contribution in [-0.4, -0.2) is 17.7 Å². The molecule has 0 radical (unpaired) electrons. The molecule has 1 aromatic carbocycles. The van der Waals surface area contributed by atoms with Crippen LogP contribution < -0.4 is 10.1 Å². The van der Waals surface area contributed by atoms with Crippen molar-refractivity contribution in [2.24, 2.45) is 0 Å². The average Bonchev–Trinajstić information content (AvgIpc) is 2.79. The van der Waals surface area contributed by atoms with E-state index < -0.39 is 0 Å². The van der Waals surface area contributed by atoms with Gasteiger partial charge < -0.3 is 14.6 Å². The van der Waals surface area contributed by atoms with Gasteiger partial charge >= 0.3 is 0 Å². The van der Waals surface area contributed by atoms with E-state index in [1.165, 1.54) is 6.26 Å². The topological polar surface area (TPSA) is 64.4 Å². The van der Waals surface area contributed by atoms with Gasteiger partial charge in [0.2, 0.25) is 0 Å². The van der Waals surface area contributed by atoms with Gasteiger partial charge in [0.1, 0.15) is 12.0 Å². The summed E-state index contributed by atoms with van der Waals surface area (Å²) in [4.78, 5) is 11.4. The molecule has 2 aromatic rings. The molecule has 0 aliphatic rings. The van der Waals surface area contributed by atoms with Crippen molar-refractivity contribution >= 4 is 27.7 Å². The number of carbonyl (C=O) groups excluding carboxylic acids is 1. The van der Waals surface area contributed by atoms with Crippen molar-refractivity contribution in [1.82, 2.24) is 5.16 Å². The first-order valence-corrected chi connectivity index (χ1v) is 5.62. The summed E-state index contributed by atoms with van der Waals surface area (Å²) in [5.41, 5.74) is 0. The molecule has 0 atom stereocenters. The quantitative estimate of drug-likeness (QED) is 0.941. The van der Waals surface area contributed by atoms with Crippen molar-refractivity contribution in [3.63, 3.8) is 0 Å². The first-order chi connectivity index (χ1) is 8.24. The van der Waals surface area contributed by atoms with Crippen LogP contribution in [0.15, 0.2) is 45.6 Å². The minimum atomic E-state index is -0.293. The first-order valence-electron chi connectivity index (χ1n) is 4.82. The number of anilines is 1. The largest absolute Gasteiger partial charge is 0.484 e. The molecule has 1 amide bonds. The summed E-state index contributed by atoms with van der Waals surface area (Å²) in [5.74, 6) is 0.696. The van der Waals surface area contributed by atoms with Crippen LogP contribution in [-0.2, 0) is 4.79 Å². The predicted octanol–water partition coefficient (Wildman–Crippen LogP) is 2.45. The van der Waals surface area contributed by atoms with Crippen molar-refractivity contribution in [2.45, 2.75) is 0 Å². The lowest BCUT2D eigenvalue weighted by Crippen LogP contribution is -2.20. The van der Waals surface area contributed by atoms with E-state index in [1.807, 2.05) is 12.1 Å². The number of benzene rings is 1. The number of halogens is 1. The molecule has 2 rings (SSSR count). The minimum absolute atomic E-state index is 0.0800. The predicted molar refractivity (Wildman–Crippen MR) is 64.8 cm³/mol. The molecule has 6 heteroatoms. The molecule has 0 aliphatic heterocycles. The van der Waals surface area contributed by atoms with Gasteiger partial charge in [0.15, 0.2) is 12.4 Å². The van der Waals surface area contributed by atoms with Crippen LogP contribution >= 0.6 is 15.9 Å². The molecule has 0 unspecified atom stereocenters. The molecule has 0 spiro atoms. The van der Waals surface area contributed by atoms with E-state index in [2.05, 4.69) is 30.9 Å². The SMILES string of the molecule is O=C(COc1cccc(Br)c1)Nc1ccon1. The summed E-state index contributed by atoms with van der Waals surface area (Å²) in [6.07, 6.45) is 1.38. The Morgan fingerprint density at radius 2 is 2.35 bits per heavy atom. The number of nitrogens with one attached hydrogen (secondary N) is 1. The number of amides is 1. The zero-order valence-corrected chi connectivity index (χ0v) is 10.3. The Kier molecular flexibility index (Phi) is 3.77. The Hall–Kier alpha value is -1.82. The van der Waals surface area contributed by atoms with Gasteiger partial charge in [-0.05, 0) is 18.2 Å². The molecule has 5 nitrogen and oxygen atoms in total. The molecule has 88 valence electrons. The maximum atomic E-state index is 11.4. The second-order valence-corrected chi connectivity index (χ2v) is 4.09. The Balaban J connectivity index is 1.84. The van der Waals surface area contributed by atoms with Gasteiger partial charge in [-0.25, -0.2) is 0 Å². The van der Waals surface area contributed by atoms with E-state index in [9.17, 15) is 4.79 Å². The molecular formula is C11H9BrN2O3. The van der Waals surface area contributed by atoms with Gasteiger partial charge in [-0.1, -0.05) is 27.2 Å². The molecule has 0 saturated carbocycles. The number of ether oxygens (including phenoxy) is 1. The van der Waals surface area contributed by atoms with E-state index >= 15 is 0 Å². The van der Waals surface area contributed by atoms with Crippen LogP contribution in [0.5, 0.6) is 5.75 Å². The Bertz CT molecular complexity index is 499. The van der Waals surface area contributed by atoms with Crippen molar-refractivity contribution in [1.29, 1.82) is 0 Å². The Morgan fingerprint density at radius 1 is 1.47 bits per heavy atom. The summed E-state index contributed by atoms with van der Waals surface area (Å²) in [5, 5.41) is 6.08. The van der Waals surface area contributed by atoms with Crippen molar-refractivity contribution in [3.05, 3.63) is 41.1 Å². The van der Waals surface area contributed by atoms with E-state index in [4.69, 9.17) is 4.74 Å². The maximum absolute atomic E-state index is 11.4. The van der Waals surface area contributed by atoms with E-state index in [1.54, 1.807) is 18.2 Å². The number of hydrogen-bond acceptors (Lipinski definition) is 4. The third-order valence-corrected chi connectivity index (χ3v) is 2.36. The third-order valence-electron chi connectivity index (χ3n) is 1.87. The number of rotatable bonds is 4. The molecule has 0 fully saturated rings. The summed E-state index contributed by atoms with van der Waals surface area (Å²) in [6, 6.07) is 8.81. The van der Waals surface area contributed by atoms with Gasteiger partial charge in [-0.15, -0.1) is 0 Å². The van der Waals surface area contributed by atoms with Gasteiger partial charge in [-0.2, -0.15) is 0 Å². The molecule has 0 bridgehead atoms. The van der Waals surface area contributed by atoms with E-state index in [0.29, 0.717) is 11.6 Å². The fraction of sp³-hybridized carbons (Fsp3) is 0.0909. The third kappa shape index (κ3) is 3.60. The molecule has 1 N–H and O–H groups in total. The van der Waals surface area contributed by atoms with Crippen molar-refractivity contribution in [3.8, 4) is 5.75 Å². The Morgan fingerprint density at radius 3 is 3.06 bits per heavy atom. The number of hydrogen-bond donors (Lipinski definition) is 1. The summed E-state index contributed by atoms with van der Waals surface area (Å²) < 4.78 is 10.8. The maximum Gasteiger partial charge on any atom is 0.263 e. The highest BCUT2D eigenvalue weighted by Gasteiger charge is 2.05. The standard InChI is InChI=1S/C11H9BrN2O3/c12-8-2-1-3-9(6-8)16-7-11(15)13-10-4-5-17-14-10/h1-6H,7H2,(H,13,14,15). The van der Waals surface area contributed by atoms with E-state index in [0.717, 1.165) is 4.47 Å². The van der Waals surface area contributed by atoms with Crippen LogP contribution in [0.25, 0.3) is 0 Å². The fourth-order valence-corrected chi connectivity index (χ4v) is 1.54. The van der Waals surface area contributed by atoms with Crippen molar-refractivity contribution < 1.29 is 14.1 Å². The van der Waals surface area contributed by atoms with Crippen LogP contribution in [0.2, 0.25) is 0 Å². The van der Waals surface area contributed by atoms with Crippen LogP contribution in [0, 0.1) is 0 Å². The van der Waals surface area contributed by atoms with E-state index in [-0.39, 0.29) is 12.5 Å². The van der Waals surface area contributed by atoms with Crippen molar-refractivity contribution in [2.75, 3.05) is 11.9 Å². The van der Waals surface area contributed by atoms with Crippen LogP contribution in [0.3, 0.4) is 0 Å². The summed E-state index contributed by atoms with van der Waals surface area (Å²) >= 11 is 3.31. The highest BCUT2D eigenvalue weighted by atomic mass is 79.9. The summed E-state index contributed by atoms with van der Waals surface area (Å²) in [7, 11) is 0. The summed E-state index contributed by atoms with van der Waals surface area (Å²) in [6.45, 7) is -0.0800. The lowest BCUT2D eigenvalue weighted by atomic mass is 10.3. The van der Waals surface area contributed by atoms with Gasteiger partial charge in [0.25, 0.3) is 5.91 Å². The van der Waals surface area contributed by atoms with Crippen LogP contribution in [0.1, 0.15) is 0 Å². The lowest BCUT2D eigenvalue weighted by molar-refractivity contribution is -0.118. The minimum Gasteiger partial charge on any atom is -0.484 e. The average molecular weight is 297 g/mol. The normalized spacial score (nSPS) is 9.94. The highest BCUT2D eigenvalue weighted by Crippen LogP contribution is 2.17. The lowest BCUT2D eigenvalue weighted by Gasteiger charge is -2.05. The molecule has 0 saturated heterocycles. The number of nitrogens with zero attached hydrogens (tertiary/aromatic N) is 1. The Labute approximate surface area is 106 Å². The molecule has 17 heavy (non-hydrogen) atoms. The first kappa shape index (κ1) is 11.7. The fourth-order valence-electron chi connectivity index (χ4n) is 1.16. The molecule has 1 heterocycles. The van der Waals surface area contributed by atoms with Gasteiger partial charge in [0, 0.05) is 10.5 Å². The zero-order valence-electron chi connectivity index (χ0n) is 8.72. The second-order valence-electron chi connectivity index (χ2n) is 3.18. The van der Waals surface area contributed by atoms with Gasteiger partial charge in [0.05, 0.1) is 0 Å². The van der Waals surface area contributed by atoms with Crippen LogP contribution in [0.4, 0.5) is 5.82 Å². The smallest absolute Gasteiger partial charge is 0.263 e. The second kappa shape index (κ2) is 5.49. The van der Waals surface area contributed by atoms with Gasteiger partial charge in [-0.3, -0.25) is 4.79 Å². The monoisotopic (exact) mass is 296 g/mol. The zero-order chi connectivity index (χ0) is 12.1. The number of carbonyl (C=O) groups is 1. The molecular weight excluding hydrogens is 288 g/mol.